The summed E-state index contributed by atoms with van der Waals surface area (Å²) in [6.45, 7) is 3.36. The summed E-state index contributed by atoms with van der Waals surface area (Å²) in [6, 6.07) is 0. The summed E-state index contributed by atoms with van der Waals surface area (Å²) in [5.74, 6) is -0.867. The minimum absolute atomic E-state index is 0.200. The van der Waals surface area contributed by atoms with Gasteiger partial charge in [0.1, 0.15) is 31.0 Å². The average Bonchev–Trinajstić information content (AvgIpc) is 3.25. The highest BCUT2D eigenvalue weighted by Gasteiger charge is 2.44. The maximum Gasteiger partial charge on any atom is 0.306 e. The molecule has 1 saturated heterocycles. The molecule has 1 aliphatic rings. The first-order chi connectivity index (χ1) is 29.3. The first-order valence-corrected chi connectivity index (χ1v) is 24.2. The van der Waals surface area contributed by atoms with E-state index in [4.69, 9.17) is 18.9 Å². The first-order valence-electron chi connectivity index (χ1n) is 24.2. The van der Waals surface area contributed by atoms with Crippen molar-refractivity contribution in [1.82, 2.24) is 0 Å². The van der Waals surface area contributed by atoms with Gasteiger partial charge < -0.3 is 39.4 Å². The van der Waals surface area contributed by atoms with Crippen LogP contribution >= 0.6 is 0 Å². The zero-order valence-corrected chi connectivity index (χ0v) is 37.9. The second-order valence-electron chi connectivity index (χ2n) is 16.6. The Morgan fingerprint density at radius 2 is 0.950 bits per heavy atom. The highest BCUT2D eigenvalue weighted by atomic mass is 16.7. The molecule has 0 aliphatic carbocycles. The molecule has 1 fully saturated rings. The summed E-state index contributed by atoms with van der Waals surface area (Å²) in [6.07, 6.45) is 41.2. The van der Waals surface area contributed by atoms with Crippen LogP contribution in [0.5, 0.6) is 0 Å². The lowest BCUT2D eigenvalue weighted by Crippen LogP contribution is -2.59. The minimum Gasteiger partial charge on any atom is -0.462 e. The summed E-state index contributed by atoms with van der Waals surface area (Å²) in [5.41, 5.74) is 0. The zero-order valence-electron chi connectivity index (χ0n) is 37.9. The van der Waals surface area contributed by atoms with Crippen molar-refractivity contribution in [2.24, 2.45) is 0 Å². The third kappa shape index (κ3) is 31.5. The quantitative estimate of drug-likeness (QED) is 0.0266. The monoisotopic (exact) mass is 849 g/mol. The maximum atomic E-state index is 12.8. The van der Waals surface area contributed by atoms with Crippen LogP contribution in [-0.4, -0.2) is 89.0 Å². The van der Waals surface area contributed by atoms with E-state index in [0.717, 1.165) is 44.9 Å². The second kappa shape index (κ2) is 40.7. The molecule has 2 unspecified atom stereocenters. The SMILES string of the molecule is CCCCC/C=C/C/C=C/C/C=C/C/C=C/CCCC(=O)OC[C@H](CO[C@@H]1O[C@H](CO)[C@H](O)C(O)C1O)OC(=O)CCCCCCCCCCCCCCCCCCCC. The van der Waals surface area contributed by atoms with E-state index in [2.05, 4.69) is 62.5 Å². The van der Waals surface area contributed by atoms with Gasteiger partial charge in [-0.15, -0.1) is 0 Å². The van der Waals surface area contributed by atoms with Gasteiger partial charge >= 0.3 is 11.9 Å². The highest BCUT2D eigenvalue weighted by Crippen LogP contribution is 2.23. The number of hydrogen-bond donors (Lipinski definition) is 4. The van der Waals surface area contributed by atoms with E-state index in [9.17, 15) is 30.0 Å². The topological polar surface area (TPSA) is 152 Å². The lowest BCUT2D eigenvalue weighted by atomic mass is 9.99. The molecular formula is C50H88O10. The Hall–Kier alpha value is -2.34. The van der Waals surface area contributed by atoms with E-state index < -0.39 is 55.4 Å². The number of carbonyl (C=O) groups excluding carboxylic acids is 2. The molecule has 0 amide bonds. The van der Waals surface area contributed by atoms with Crippen LogP contribution in [-0.2, 0) is 28.5 Å². The first kappa shape index (κ1) is 55.7. The lowest BCUT2D eigenvalue weighted by Gasteiger charge is -2.39. The van der Waals surface area contributed by atoms with Gasteiger partial charge in [-0.1, -0.05) is 184 Å². The van der Waals surface area contributed by atoms with Gasteiger partial charge in [-0.3, -0.25) is 9.59 Å². The number of aliphatic hydroxyl groups is 4. The molecule has 0 aromatic rings. The number of rotatable bonds is 40. The van der Waals surface area contributed by atoms with E-state index in [1.165, 1.54) is 116 Å². The van der Waals surface area contributed by atoms with Crippen LogP contribution in [0.1, 0.15) is 200 Å². The van der Waals surface area contributed by atoms with E-state index >= 15 is 0 Å². The van der Waals surface area contributed by atoms with Gasteiger partial charge in [-0.25, -0.2) is 0 Å². The normalized spacial score (nSPS) is 20.3. The number of esters is 2. The van der Waals surface area contributed by atoms with Gasteiger partial charge in [0.15, 0.2) is 12.4 Å². The molecule has 0 spiro atoms. The van der Waals surface area contributed by atoms with E-state index in [-0.39, 0.29) is 26.1 Å². The van der Waals surface area contributed by atoms with Crippen LogP contribution in [0.4, 0.5) is 0 Å². The molecule has 0 aromatic heterocycles. The van der Waals surface area contributed by atoms with Gasteiger partial charge in [-0.05, 0) is 51.4 Å². The summed E-state index contributed by atoms with van der Waals surface area (Å²) in [5, 5.41) is 40.1. The van der Waals surface area contributed by atoms with Crippen molar-refractivity contribution >= 4 is 11.9 Å². The number of unbranched alkanes of at least 4 members (excludes halogenated alkanes) is 21. The number of hydrogen-bond acceptors (Lipinski definition) is 10. The molecule has 10 heteroatoms. The van der Waals surface area contributed by atoms with Gasteiger partial charge in [0, 0.05) is 12.8 Å². The lowest BCUT2D eigenvalue weighted by molar-refractivity contribution is -0.305. The van der Waals surface area contributed by atoms with Crippen molar-refractivity contribution in [3.05, 3.63) is 48.6 Å². The highest BCUT2D eigenvalue weighted by molar-refractivity contribution is 5.70. The van der Waals surface area contributed by atoms with Crippen LogP contribution in [0.3, 0.4) is 0 Å². The molecule has 1 aliphatic heterocycles. The molecule has 10 nitrogen and oxygen atoms in total. The summed E-state index contributed by atoms with van der Waals surface area (Å²) >= 11 is 0. The van der Waals surface area contributed by atoms with Crippen molar-refractivity contribution in [3.8, 4) is 0 Å². The van der Waals surface area contributed by atoms with Crippen LogP contribution in [0.15, 0.2) is 48.6 Å². The molecule has 348 valence electrons. The van der Waals surface area contributed by atoms with E-state index in [1.54, 1.807) is 0 Å². The van der Waals surface area contributed by atoms with Crippen molar-refractivity contribution < 1.29 is 49.0 Å². The average molecular weight is 849 g/mol. The molecule has 6 atom stereocenters. The van der Waals surface area contributed by atoms with E-state index in [0.29, 0.717) is 12.8 Å². The Bertz CT molecular complexity index is 1120. The number of aliphatic hydroxyl groups excluding tert-OH is 4. The van der Waals surface area contributed by atoms with Gasteiger partial charge in [0.25, 0.3) is 0 Å². The molecule has 60 heavy (non-hydrogen) atoms. The number of ether oxygens (including phenoxy) is 4. The Balaban J connectivity index is 2.33. The van der Waals surface area contributed by atoms with Crippen LogP contribution in [0, 0.1) is 0 Å². The Labute approximate surface area is 365 Å². The minimum atomic E-state index is -1.60. The zero-order chi connectivity index (χ0) is 43.7. The van der Waals surface area contributed by atoms with Crippen molar-refractivity contribution in [1.29, 1.82) is 0 Å². The molecule has 1 rings (SSSR count). The Morgan fingerprint density at radius 3 is 1.45 bits per heavy atom. The second-order valence-corrected chi connectivity index (χ2v) is 16.6. The fourth-order valence-electron chi connectivity index (χ4n) is 7.12. The van der Waals surface area contributed by atoms with Crippen molar-refractivity contribution in [2.75, 3.05) is 19.8 Å². The van der Waals surface area contributed by atoms with Crippen molar-refractivity contribution in [2.45, 2.75) is 237 Å². The molecule has 0 bridgehead atoms. The molecule has 1 heterocycles. The van der Waals surface area contributed by atoms with Gasteiger partial charge in [0.2, 0.25) is 0 Å². The van der Waals surface area contributed by atoms with Crippen LogP contribution in [0.25, 0.3) is 0 Å². The summed E-state index contributed by atoms with van der Waals surface area (Å²) in [7, 11) is 0. The van der Waals surface area contributed by atoms with Crippen LogP contribution in [0.2, 0.25) is 0 Å². The molecule has 0 radical (unpaired) electrons. The largest absolute Gasteiger partial charge is 0.462 e. The molecular weight excluding hydrogens is 761 g/mol. The maximum absolute atomic E-state index is 12.8. The van der Waals surface area contributed by atoms with E-state index in [1.807, 2.05) is 0 Å². The fraction of sp³-hybridized carbons (Fsp3) is 0.800. The smallest absolute Gasteiger partial charge is 0.306 e. The number of allylic oxidation sites excluding steroid dienone is 8. The molecule has 0 saturated carbocycles. The molecule has 0 aromatic carbocycles. The Morgan fingerprint density at radius 1 is 0.517 bits per heavy atom. The predicted molar refractivity (Wildman–Crippen MR) is 242 cm³/mol. The van der Waals surface area contributed by atoms with Crippen molar-refractivity contribution in [3.63, 3.8) is 0 Å². The third-order valence-corrected chi connectivity index (χ3v) is 11.0. The fourth-order valence-corrected chi connectivity index (χ4v) is 7.12. The molecule has 4 N–H and O–H groups in total. The third-order valence-electron chi connectivity index (χ3n) is 11.0. The van der Waals surface area contributed by atoms with Crippen LogP contribution < -0.4 is 0 Å². The van der Waals surface area contributed by atoms with Gasteiger partial charge in [0.05, 0.1) is 13.2 Å². The summed E-state index contributed by atoms with van der Waals surface area (Å²) in [4.78, 5) is 25.4. The Kier molecular flexibility index (Phi) is 37.8. The van der Waals surface area contributed by atoms with Gasteiger partial charge in [-0.2, -0.15) is 0 Å². The number of carbonyl (C=O) groups is 2. The summed E-state index contributed by atoms with van der Waals surface area (Å²) < 4.78 is 22.1. The predicted octanol–water partition coefficient (Wildman–Crippen LogP) is 10.8. The standard InChI is InChI=1S/C50H88O10/c1-3-5-7-9-11-13-15-17-19-21-23-25-27-29-31-33-35-37-39-46(53)59-43(42-58-50-49(56)48(55)47(54)44(40-51)60-50)41-57-45(52)38-36-34-32-30-28-26-24-22-20-18-16-14-12-10-8-6-4-2/h12,14,18,20,24,26,30,32,43-44,47-51,54-56H,3-11,13,15-17,19,21-23,25,27-29,31,33-42H2,1-2H3/b14-12+,20-18+,26-24+,32-30+/t43-,44-,47+,48?,49?,50-/m1/s1.